The van der Waals surface area contributed by atoms with Gasteiger partial charge < -0.3 is 13.6 Å². The number of rotatable bonds is 5. The van der Waals surface area contributed by atoms with Crippen molar-refractivity contribution in [3.05, 3.63) is 0 Å². The molecule has 1 heterocycles. The Kier molecular flexibility index (Phi) is 3.50. The van der Waals surface area contributed by atoms with Crippen LogP contribution in [0, 0.1) is 5.92 Å². The van der Waals surface area contributed by atoms with E-state index in [4.69, 9.17) is 13.6 Å². The highest BCUT2D eigenvalue weighted by Gasteiger charge is 2.44. The van der Waals surface area contributed by atoms with E-state index in [1.54, 1.807) is 14.2 Å². The Balaban J connectivity index is 1.72. The highest BCUT2D eigenvalue weighted by molar-refractivity contribution is 6.65. The molecule has 1 aliphatic carbocycles. The van der Waals surface area contributed by atoms with Crippen molar-refractivity contribution in [3.63, 3.8) is 0 Å². The van der Waals surface area contributed by atoms with Gasteiger partial charge in [-0.05, 0) is 44.2 Å². The average molecular weight is 230 g/mol. The van der Waals surface area contributed by atoms with Crippen LogP contribution in [0.2, 0.25) is 12.6 Å². The summed E-state index contributed by atoms with van der Waals surface area (Å²) in [5.41, 5.74) is 0. The zero-order valence-electron chi connectivity index (χ0n) is 9.99. The van der Waals surface area contributed by atoms with Crippen molar-refractivity contribution in [2.45, 2.75) is 50.5 Å². The number of epoxide rings is 1. The monoisotopic (exact) mass is 230 g/mol. The summed E-state index contributed by atoms with van der Waals surface area (Å²) >= 11 is 0. The topological polar surface area (TPSA) is 31.0 Å². The van der Waals surface area contributed by atoms with Crippen LogP contribution in [-0.4, -0.2) is 35.0 Å². The summed E-state index contributed by atoms with van der Waals surface area (Å²) in [4.78, 5) is 0. The minimum absolute atomic E-state index is 0.599. The molecule has 0 bridgehead atoms. The second-order valence-corrected chi connectivity index (χ2v) is 8.56. The fraction of sp³-hybridized carbons (Fsp3) is 1.00. The van der Waals surface area contributed by atoms with Gasteiger partial charge in [0.1, 0.15) is 0 Å². The third kappa shape index (κ3) is 2.81. The van der Waals surface area contributed by atoms with Crippen LogP contribution in [0.1, 0.15) is 25.7 Å². The van der Waals surface area contributed by atoms with E-state index < -0.39 is 8.56 Å². The van der Waals surface area contributed by atoms with Gasteiger partial charge in [0.25, 0.3) is 0 Å². The normalized spacial score (nSPS) is 35.0. The first-order valence-corrected chi connectivity index (χ1v) is 8.45. The van der Waals surface area contributed by atoms with Crippen LogP contribution in [0.25, 0.3) is 0 Å². The van der Waals surface area contributed by atoms with Crippen molar-refractivity contribution in [1.82, 2.24) is 0 Å². The minimum Gasteiger partial charge on any atom is -0.398 e. The second kappa shape index (κ2) is 4.53. The van der Waals surface area contributed by atoms with Crippen LogP contribution in [0.15, 0.2) is 0 Å². The number of hydrogen-bond donors (Lipinski definition) is 0. The molecule has 0 amide bonds. The molecule has 0 N–H and O–H groups in total. The van der Waals surface area contributed by atoms with Crippen LogP contribution in [0.3, 0.4) is 0 Å². The van der Waals surface area contributed by atoms with Crippen LogP contribution < -0.4 is 0 Å². The molecule has 0 aromatic rings. The van der Waals surface area contributed by atoms with Crippen molar-refractivity contribution in [2.24, 2.45) is 5.92 Å². The van der Waals surface area contributed by atoms with E-state index in [-0.39, 0.29) is 0 Å². The summed E-state index contributed by atoms with van der Waals surface area (Å²) < 4.78 is 16.5. The fourth-order valence-corrected chi connectivity index (χ4v) is 4.01. The standard InChI is InChI=1S/C11H22O3Si/c1-12-15(3,13-2)7-6-9-4-5-10-11(8-9)14-10/h9-11H,4-8H2,1-3H3. The van der Waals surface area contributed by atoms with Crippen molar-refractivity contribution in [1.29, 1.82) is 0 Å². The first-order valence-electron chi connectivity index (χ1n) is 5.92. The Hall–Kier alpha value is 0.0969. The zero-order valence-corrected chi connectivity index (χ0v) is 11.0. The predicted octanol–water partition coefficient (Wildman–Crippen LogP) is 2.31. The van der Waals surface area contributed by atoms with Gasteiger partial charge in [-0.3, -0.25) is 0 Å². The second-order valence-electron chi connectivity index (χ2n) is 4.97. The van der Waals surface area contributed by atoms with E-state index in [0.717, 1.165) is 12.0 Å². The van der Waals surface area contributed by atoms with E-state index >= 15 is 0 Å². The minimum atomic E-state index is -1.83. The lowest BCUT2D eigenvalue weighted by molar-refractivity contribution is 0.242. The van der Waals surface area contributed by atoms with Gasteiger partial charge in [-0.15, -0.1) is 0 Å². The van der Waals surface area contributed by atoms with Crippen LogP contribution >= 0.6 is 0 Å². The van der Waals surface area contributed by atoms with Crippen molar-refractivity contribution >= 4 is 8.56 Å². The summed E-state index contributed by atoms with van der Waals surface area (Å²) in [6.45, 7) is 2.15. The molecule has 2 aliphatic rings. The first kappa shape index (κ1) is 11.6. The molecule has 4 heteroatoms. The maximum absolute atomic E-state index is 5.54. The Bertz CT molecular complexity index is 218. The van der Waals surface area contributed by atoms with Crippen LogP contribution in [0.5, 0.6) is 0 Å². The molecule has 0 spiro atoms. The van der Waals surface area contributed by atoms with Gasteiger partial charge in [0.15, 0.2) is 0 Å². The predicted molar refractivity (Wildman–Crippen MR) is 61.1 cm³/mol. The molecule has 3 nitrogen and oxygen atoms in total. The van der Waals surface area contributed by atoms with Gasteiger partial charge in [-0.1, -0.05) is 0 Å². The number of ether oxygens (including phenoxy) is 1. The molecular formula is C11H22O3Si. The molecule has 1 saturated heterocycles. The lowest BCUT2D eigenvalue weighted by atomic mass is 9.88. The Morgan fingerprint density at radius 3 is 2.53 bits per heavy atom. The largest absolute Gasteiger partial charge is 0.398 e. The van der Waals surface area contributed by atoms with Gasteiger partial charge >= 0.3 is 8.56 Å². The lowest BCUT2D eigenvalue weighted by Crippen LogP contribution is -2.36. The zero-order chi connectivity index (χ0) is 10.9. The third-order valence-corrected chi connectivity index (χ3v) is 6.91. The molecular weight excluding hydrogens is 208 g/mol. The molecule has 1 saturated carbocycles. The lowest BCUT2D eigenvalue weighted by Gasteiger charge is -2.26. The summed E-state index contributed by atoms with van der Waals surface area (Å²) in [6.07, 6.45) is 6.34. The molecule has 1 aliphatic heterocycles. The summed E-state index contributed by atoms with van der Waals surface area (Å²) in [5.74, 6) is 0.839. The molecule has 3 unspecified atom stereocenters. The van der Waals surface area contributed by atoms with E-state index in [1.165, 1.54) is 25.7 Å². The molecule has 3 atom stereocenters. The van der Waals surface area contributed by atoms with Gasteiger partial charge in [0.2, 0.25) is 0 Å². The Labute approximate surface area is 93.3 Å². The van der Waals surface area contributed by atoms with E-state index in [2.05, 4.69) is 6.55 Å². The molecule has 0 radical (unpaired) electrons. The van der Waals surface area contributed by atoms with Gasteiger partial charge in [-0.2, -0.15) is 0 Å². The fourth-order valence-electron chi connectivity index (χ4n) is 2.50. The van der Waals surface area contributed by atoms with Gasteiger partial charge in [0.05, 0.1) is 12.2 Å². The van der Waals surface area contributed by atoms with Crippen molar-refractivity contribution in [3.8, 4) is 0 Å². The van der Waals surface area contributed by atoms with Gasteiger partial charge in [0, 0.05) is 14.2 Å². The Morgan fingerprint density at radius 2 is 1.93 bits per heavy atom. The number of fused-ring (bicyclic) bond motifs is 1. The maximum atomic E-state index is 5.54. The SMILES string of the molecule is CO[Si](C)(CCC1CCC2OC2C1)OC. The van der Waals surface area contributed by atoms with E-state index in [1.807, 2.05) is 0 Å². The summed E-state index contributed by atoms with van der Waals surface area (Å²) in [5, 5.41) is 0. The smallest absolute Gasteiger partial charge is 0.334 e. The molecule has 2 fully saturated rings. The van der Waals surface area contributed by atoms with Crippen LogP contribution in [0.4, 0.5) is 0 Å². The van der Waals surface area contributed by atoms with Gasteiger partial charge in [-0.25, -0.2) is 0 Å². The van der Waals surface area contributed by atoms with E-state index in [9.17, 15) is 0 Å². The molecule has 0 aromatic carbocycles. The average Bonchev–Trinajstić information content (AvgIpc) is 3.04. The Morgan fingerprint density at radius 1 is 1.20 bits per heavy atom. The number of hydrogen-bond acceptors (Lipinski definition) is 3. The maximum Gasteiger partial charge on any atom is 0.334 e. The molecule has 88 valence electrons. The summed E-state index contributed by atoms with van der Waals surface area (Å²) in [6, 6.07) is 1.11. The molecule has 2 rings (SSSR count). The third-order valence-electron chi connectivity index (χ3n) is 3.98. The summed E-state index contributed by atoms with van der Waals surface area (Å²) in [7, 11) is 1.72. The quantitative estimate of drug-likeness (QED) is 0.536. The highest BCUT2D eigenvalue weighted by Crippen LogP contribution is 2.41. The van der Waals surface area contributed by atoms with Crippen molar-refractivity contribution < 1.29 is 13.6 Å². The van der Waals surface area contributed by atoms with Crippen molar-refractivity contribution in [2.75, 3.05) is 14.2 Å². The molecule has 0 aromatic heterocycles. The van der Waals surface area contributed by atoms with E-state index in [0.29, 0.717) is 12.2 Å². The van der Waals surface area contributed by atoms with Crippen LogP contribution in [-0.2, 0) is 13.6 Å². The molecule has 15 heavy (non-hydrogen) atoms. The first-order chi connectivity index (χ1) is 7.17. The highest BCUT2D eigenvalue weighted by atomic mass is 28.4.